The summed E-state index contributed by atoms with van der Waals surface area (Å²) in [6, 6.07) is 18.4. The first kappa shape index (κ1) is 18.5. The lowest BCUT2D eigenvalue weighted by molar-refractivity contribution is -0.134. The molecule has 0 bridgehead atoms. The van der Waals surface area contributed by atoms with Crippen LogP contribution in [0.15, 0.2) is 54.6 Å². The molecule has 4 nitrogen and oxygen atoms in total. The van der Waals surface area contributed by atoms with Gasteiger partial charge in [-0.1, -0.05) is 42.5 Å². The van der Waals surface area contributed by atoms with Crippen LogP contribution in [-0.2, 0) is 17.8 Å². The fourth-order valence-corrected chi connectivity index (χ4v) is 3.53. The Labute approximate surface area is 156 Å². The van der Waals surface area contributed by atoms with Gasteiger partial charge in [0.25, 0.3) is 0 Å². The Morgan fingerprint density at radius 1 is 1.04 bits per heavy atom. The predicted molar refractivity (Wildman–Crippen MR) is 104 cm³/mol. The van der Waals surface area contributed by atoms with Crippen molar-refractivity contribution < 1.29 is 9.53 Å². The highest BCUT2D eigenvalue weighted by Crippen LogP contribution is 2.21. The van der Waals surface area contributed by atoms with Gasteiger partial charge in [0.1, 0.15) is 5.75 Å². The molecule has 0 N–H and O–H groups in total. The quantitative estimate of drug-likeness (QED) is 0.799. The average molecular weight is 352 g/mol. The summed E-state index contributed by atoms with van der Waals surface area (Å²) in [5, 5.41) is 0. The van der Waals surface area contributed by atoms with Gasteiger partial charge in [0.2, 0.25) is 5.91 Å². The molecule has 0 saturated carbocycles. The largest absolute Gasteiger partial charge is 0.497 e. The van der Waals surface area contributed by atoms with E-state index in [0.717, 1.165) is 42.8 Å². The third-order valence-electron chi connectivity index (χ3n) is 5.16. The number of methoxy groups -OCH3 is 1. The van der Waals surface area contributed by atoms with E-state index < -0.39 is 0 Å². The van der Waals surface area contributed by atoms with E-state index in [1.165, 1.54) is 0 Å². The number of ether oxygens (including phenoxy) is 1. The SMILES string of the molecule is COc1ccc(CN(C(=O)Cc2ccccc2)C2CCN(C)CC2)cc1. The highest BCUT2D eigenvalue weighted by Gasteiger charge is 2.27. The second kappa shape index (κ2) is 8.86. The lowest BCUT2D eigenvalue weighted by Gasteiger charge is -2.37. The second-order valence-corrected chi connectivity index (χ2v) is 7.07. The van der Waals surface area contributed by atoms with Crippen LogP contribution in [0.4, 0.5) is 0 Å². The molecular formula is C22H28N2O2. The zero-order valence-electron chi connectivity index (χ0n) is 15.7. The first-order valence-corrected chi connectivity index (χ1v) is 9.30. The fraction of sp³-hybridized carbons (Fsp3) is 0.409. The fourth-order valence-electron chi connectivity index (χ4n) is 3.53. The average Bonchev–Trinajstić information content (AvgIpc) is 2.68. The van der Waals surface area contributed by atoms with Gasteiger partial charge in [0, 0.05) is 12.6 Å². The van der Waals surface area contributed by atoms with Crippen LogP contribution in [0.3, 0.4) is 0 Å². The number of piperidine rings is 1. The maximum absolute atomic E-state index is 13.1. The van der Waals surface area contributed by atoms with Gasteiger partial charge in [-0.3, -0.25) is 4.79 Å². The molecule has 0 aliphatic carbocycles. The molecule has 0 atom stereocenters. The van der Waals surface area contributed by atoms with Crippen molar-refractivity contribution in [2.45, 2.75) is 31.8 Å². The monoisotopic (exact) mass is 352 g/mol. The van der Waals surface area contributed by atoms with Gasteiger partial charge in [-0.2, -0.15) is 0 Å². The Morgan fingerprint density at radius 2 is 1.69 bits per heavy atom. The van der Waals surface area contributed by atoms with Crippen LogP contribution in [0.25, 0.3) is 0 Å². The molecule has 0 aromatic heterocycles. The van der Waals surface area contributed by atoms with Crippen molar-refractivity contribution in [3.8, 4) is 5.75 Å². The van der Waals surface area contributed by atoms with Gasteiger partial charge < -0.3 is 14.5 Å². The van der Waals surface area contributed by atoms with E-state index in [0.29, 0.717) is 19.0 Å². The van der Waals surface area contributed by atoms with Gasteiger partial charge in [-0.25, -0.2) is 0 Å². The van der Waals surface area contributed by atoms with Crippen LogP contribution >= 0.6 is 0 Å². The first-order chi connectivity index (χ1) is 12.7. The third kappa shape index (κ3) is 4.85. The lowest BCUT2D eigenvalue weighted by Crippen LogP contribution is -2.46. The lowest BCUT2D eigenvalue weighted by atomic mass is 10.0. The summed E-state index contributed by atoms with van der Waals surface area (Å²) in [4.78, 5) is 17.5. The standard InChI is InChI=1S/C22H28N2O2/c1-23-14-12-20(13-15-23)24(17-19-8-10-21(26-2)11-9-19)22(25)16-18-6-4-3-5-7-18/h3-11,20H,12-17H2,1-2H3. The molecular weight excluding hydrogens is 324 g/mol. The molecule has 1 aliphatic rings. The molecule has 138 valence electrons. The number of carbonyl (C=O) groups is 1. The molecule has 26 heavy (non-hydrogen) atoms. The number of carbonyl (C=O) groups excluding carboxylic acids is 1. The Hall–Kier alpha value is -2.33. The summed E-state index contributed by atoms with van der Waals surface area (Å²) >= 11 is 0. The Bertz CT molecular complexity index is 692. The van der Waals surface area contributed by atoms with Gasteiger partial charge in [0.15, 0.2) is 0 Å². The van der Waals surface area contributed by atoms with Crippen molar-refractivity contribution in [2.24, 2.45) is 0 Å². The molecule has 0 spiro atoms. The van der Waals surface area contributed by atoms with Crippen LogP contribution in [0, 0.1) is 0 Å². The summed E-state index contributed by atoms with van der Waals surface area (Å²) in [6.45, 7) is 2.74. The molecule has 1 aliphatic heterocycles. The highest BCUT2D eigenvalue weighted by atomic mass is 16.5. The minimum Gasteiger partial charge on any atom is -0.497 e. The van der Waals surface area contributed by atoms with Gasteiger partial charge in [-0.05, 0) is 56.2 Å². The Morgan fingerprint density at radius 3 is 2.31 bits per heavy atom. The van der Waals surface area contributed by atoms with Gasteiger partial charge in [-0.15, -0.1) is 0 Å². The highest BCUT2D eigenvalue weighted by molar-refractivity contribution is 5.79. The maximum Gasteiger partial charge on any atom is 0.227 e. The molecule has 1 saturated heterocycles. The van der Waals surface area contributed by atoms with Crippen molar-refractivity contribution >= 4 is 5.91 Å². The minimum absolute atomic E-state index is 0.210. The summed E-state index contributed by atoms with van der Waals surface area (Å²) in [5.74, 6) is 1.05. The summed E-state index contributed by atoms with van der Waals surface area (Å²) in [5.41, 5.74) is 2.22. The normalized spacial score (nSPS) is 15.6. The number of rotatable bonds is 6. The molecule has 1 fully saturated rings. The van der Waals surface area contributed by atoms with E-state index in [4.69, 9.17) is 4.74 Å². The number of likely N-dealkylation sites (tertiary alicyclic amines) is 1. The third-order valence-corrected chi connectivity index (χ3v) is 5.16. The summed E-state index contributed by atoms with van der Waals surface area (Å²) < 4.78 is 5.24. The Kier molecular flexibility index (Phi) is 6.29. The number of hydrogen-bond acceptors (Lipinski definition) is 3. The number of amides is 1. The zero-order chi connectivity index (χ0) is 18.4. The topological polar surface area (TPSA) is 32.8 Å². The number of nitrogens with zero attached hydrogens (tertiary/aromatic N) is 2. The predicted octanol–water partition coefficient (Wildman–Crippen LogP) is 3.36. The van der Waals surface area contributed by atoms with E-state index in [2.05, 4.69) is 29.0 Å². The number of benzene rings is 2. The van der Waals surface area contributed by atoms with Crippen molar-refractivity contribution in [1.82, 2.24) is 9.80 Å². The molecule has 2 aromatic carbocycles. The zero-order valence-corrected chi connectivity index (χ0v) is 15.7. The van der Waals surface area contributed by atoms with Crippen LogP contribution < -0.4 is 4.74 Å². The van der Waals surface area contributed by atoms with Gasteiger partial charge in [0.05, 0.1) is 13.5 Å². The summed E-state index contributed by atoms with van der Waals surface area (Å²) in [6.07, 6.45) is 2.53. The molecule has 0 unspecified atom stereocenters. The van der Waals surface area contributed by atoms with Crippen molar-refractivity contribution in [1.29, 1.82) is 0 Å². The first-order valence-electron chi connectivity index (χ1n) is 9.30. The van der Waals surface area contributed by atoms with Crippen molar-refractivity contribution in [3.05, 3.63) is 65.7 Å². The van der Waals surface area contributed by atoms with E-state index >= 15 is 0 Å². The van der Waals surface area contributed by atoms with E-state index in [1.54, 1.807) is 7.11 Å². The van der Waals surface area contributed by atoms with Crippen LogP contribution in [0.5, 0.6) is 5.75 Å². The van der Waals surface area contributed by atoms with E-state index in [9.17, 15) is 4.79 Å². The number of hydrogen-bond donors (Lipinski definition) is 0. The maximum atomic E-state index is 13.1. The molecule has 1 amide bonds. The van der Waals surface area contributed by atoms with Crippen LogP contribution in [0.1, 0.15) is 24.0 Å². The van der Waals surface area contributed by atoms with Crippen LogP contribution in [-0.4, -0.2) is 49.0 Å². The molecule has 4 heteroatoms. The van der Waals surface area contributed by atoms with Crippen molar-refractivity contribution in [2.75, 3.05) is 27.2 Å². The van der Waals surface area contributed by atoms with Crippen LogP contribution in [0.2, 0.25) is 0 Å². The molecule has 3 rings (SSSR count). The smallest absolute Gasteiger partial charge is 0.227 e. The Balaban J connectivity index is 1.75. The molecule has 0 radical (unpaired) electrons. The molecule has 1 heterocycles. The minimum atomic E-state index is 0.210. The summed E-state index contributed by atoms with van der Waals surface area (Å²) in [7, 11) is 3.82. The second-order valence-electron chi connectivity index (χ2n) is 7.07. The van der Waals surface area contributed by atoms with Gasteiger partial charge >= 0.3 is 0 Å². The van der Waals surface area contributed by atoms with E-state index in [-0.39, 0.29) is 5.91 Å². The van der Waals surface area contributed by atoms with Crippen molar-refractivity contribution in [3.63, 3.8) is 0 Å². The van der Waals surface area contributed by atoms with E-state index in [1.807, 2.05) is 42.5 Å². The molecule has 2 aromatic rings.